The van der Waals surface area contributed by atoms with Gasteiger partial charge in [-0.15, -0.1) is 0 Å². The highest BCUT2D eigenvalue weighted by Crippen LogP contribution is 2.30. The minimum Gasteiger partial charge on any atom is -0.463 e. The highest BCUT2D eigenvalue weighted by molar-refractivity contribution is 5.81. The molecule has 86 heavy (non-hydrogen) atoms. The third-order valence-electron chi connectivity index (χ3n) is 14.9. The zero-order chi connectivity index (χ0) is 63.7. The minimum absolute atomic E-state index is 0.0142. The summed E-state index contributed by atoms with van der Waals surface area (Å²) in [6.45, 7) is 21.6. The second-order valence-corrected chi connectivity index (χ2v) is 26.7. The van der Waals surface area contributed by atoms with Crippen LogP contribution in [0.2, 0.25) is 0 Å². The summed E-state index contributed by atoms with van der Waals surface area (Å²) in [5.41, 5.74) is -2.15. The average molecular weight is 1230 g/mol. The fourth-order valence-electron chi connectivity index (χ4n) is 10.4. The van der Waals surface area contributed by atoms with E-state index < -0.39 is 71.8 Å². The van der Waals surface area contributed by atoms with Crippen molar-refractivity contribution in [2.75, 3.05) is 66.3 Å². The van der Waals surface area contributed by atoms with Crippen LogP contribution < -0.4 is 16.0 Å². The van der Waals surface area contributed by atoms with Gasteiger partial charge in [0, 0.05) is 46.3 Å². The van der Waals surface area contributed by atoms with Gasteiger partial charge in [-0.05, 0) is 75.2 Å². The number of alkyl carbamates (subject to hydrolysis) is 3. The largest absolute Gasteiger partial charge is 0.463 e. The van der Waals surface area contributed by atoms with Crippen LogP contribution in [0.25, 0.3) is 0 Å². The first-order valence-electron chi connectivity index (χ1n) is 34.5. The summed E-state index contributed by atoms with van der Waals surface area (Å²) in [4.78, 5) is 67.2. The molecule has 18 heteroatoms. The fourth-order valence-corrected chi connectivity index (χ4v) is 10.4. The van der Waals surface area contributed by atoms with Gasteiger partial charge in [-0.25, -0.2) is 14.4 Å². The van der Waals surface area contributed by atoms with Crippen molar-refractivity contribution in [1.82, 2.24) is 20.9 Å². The summed E-state index contributed by atoms with van der Waals surface area (Å²) < 4.78 is 53.5. The number of ether oxygens (including phenoxy) is 9. The predicted octanol–water partition coefficient (Wildman–Crippen LogP) is 15.8. The second-order valence-electron chi connectivity index (χ2n) is 26.7. The monoisotopic (exact) mass is 1230 g/mol. The molecule has 0 aromatic carbocycles. The molecule has 18 nitrogen and oxygen atoms in total. The van der Waals surface area contributed by atoms with Crippen LogP contribution in [0, 0.1) is 0 Å². The molecule has 0 aromatic rings. The first-order chi connectivity index (χ1) is 41.1. The zero-order valence-electron chi connectivity index (χ0n) is 57.0. The van der Waals surface area contributed by atoms with Crippen LogP contribution in [-0.4, -0.2) is 149 Å². The van der Waals surface area contributed by atoms with Gasteiger partial charge >= 0.3 is 24.2 Å². The molecule has 506 valence electrons. The molecular weight excluding hydrogens is 1100 g/mol. The van der Waals surface area contributed by atoms with Crippen molar-refractivity contribution in [3.8, 4) is 0 Å². The van der Waals surface area contributed by atoms with Gasteiger partial charge < -0.3 is 63.5 Å². The number of nitrogens with zero attached hydrogens (tertiary/aromatic N) is 1. The number of carbonyl (C=O) groups is 5. The summed E-state index contributed by atoms with van der Waals surface area (Å²) in [5, 5.41) is 8.08. The Balaban J connectivity index is 3.06. The number of esters is 1. The number of rotatable bonds is 52. The van der Waals surface area contributed by atoms with E-state index >= 15 is 0 Å². The molecular formula is C68H130N4O14. The summed E-state index contributed by atoms with van der Waals surface area (Å²) in [6.07, 6.45) is 34.2. The highest BCUT2D eigenvalue weighted by atomic mass is 16.7. The molecule has 1 rings (SSSR count). The lowest BCUT2D eigenvalue weighted by molar-refractivity contribution is -0.316. The van der Waals surface area contributed by atoms with Crippen LogP contribution in [0.15, 0.2) is 0 Å². The van der Waals surface area contributed by atoms with Gasteiger partial charge in [0.25, 0.3) is 0 Å². The van der Waals surface area contributed by atoms with Crippen molar-refractivity contribution in [1.29, 1.82) is 0 Å². The van der Waals surface area contributed by atoms with Gasteiger partial charge in [-0.1, -0.05) is 206 Å². The van der Waals surface area contributed by atoms with Gasteiger partial charge in [-0.3, -0.25) is 9.59 Å². The summed E-state index contributed by atoms with van der Waals surface area (Å²) in [6, 6.07) is 0. The van der Waals surface area contributed by atoms with E-state index in [1.165, 1.54) is 174 Å². The van der Waals surface area contributed by atoms with Crippen molar-refractivity contribution < 1.29 is 66.6 Å². The molecule has 1 heterocycles. The molecule has 0 aliphatic carbocycles. The number of methoxy groups -OCH3 is 1. The summed E-state index contributed by atoms with van der Waals surface area (Å²) >= 11 is 0. The fraction of sp³-hybridized carbons (Fsp3) is 0.926. The Hall–Kier alpha value is -3.45. The van der Waals surface area contributed by atoms with Gasteiger partial charge in [0.2, 0.25) is 5.91 Å². The molecule has 0 unspecified atom stereocenters. The Morgan fingerprint density at radius 1 is 0.407 bits per heavy atom. The number of carbonyl (C=O) groups excluding carboxylic acids is 5. The van der Waals surface area contributed by atoms with E-state index in [0.29, 0.717) is 13.1 Å². The van der Waals surface area contributed by atoms with Crippen LogP contribution in [0.3, 0.4) is 0 Å². The Kier molecular flexibility index (Phi) is 47.1. The summed E-state index contributed by atoms with van der Waals surface area (Å²) in [7, 11) is 1.44. The molecule has 3 N–H and O–H groups in total. The minimum atomic E-state index is -1.08. The molecule has 0 aromatic heterocycles. The molecule has 1 fully saturated rings. The standard InChI is InChI=1S/C68H130N4O14/c1-13-15-17-19-21-23-25-27-29-31-33-35-37-39-41-43-50-72(51-44-42-40-38-36-34-32-30-28-26-24-22-20-18-16-14-2)57(73)45-46-58(74)82-55-56-59(79-52-47-69-63(75)84-66(3,4)5)60(80-53-48-70-64(76)85-67(6,7)8)61(62(78-12)83-56)81-54-49-71-65(77)86-68(9,10)11/h56,59-62H,13-55H2,1-12H3,(H,69,75)(H,70,76)(H,71,77)/t56-,59+,60+,61-,62-/m1/s1. The van der Waals surface area contributed by atoms with E-state index in [9.17, 15) is 24.0 Å². The van der Waals surface area contributed by atoms with Gasteiger partial charge in [0.15, 0.2) is 6.29 Å². The van der Waals surface area contributed by atoms with Gasteiger partial charge in [0.1, 0.15) is 47.8 Å². The molecule has 1 saturated heterocycles. The number of amides is 4. The van der Waals surface area contributed by atoms with Crippen LogP contribution in [0.4, 0.5) is 14.4 Å². The third-order valence-corrected chi connectivity index (χ3v) is 14.9. The molecule has 1 aliphatic rings. The lowest BCUT2D eigenvalue weighted by atomic mass is 9.98. The van der Waals surface area contributed by atoms with Crippen LogP contribution in [0.5, 0.6) is 0 Å². The van der Waals surface area contributed by atoms with E-state index in [-0.39, 0.29) is 64.8 Å². The number of hydrogen-bond donors (Lipinski definition) is 3. The molecule has 0 saturated carbocycles. The van der Waals surface area contributed by atoms with Gasteiger partial charge in [0.05, 0.1) is 26.2 Å². The third kappa shape index (κ3) is 46.6. The van der Waals surface area contributed by atoms with Crippen LogP contribution in [0.1, 0.15) is 294 Å². The lowest BCUT2D eigenvalue weighted by Gasteiger charge is -2.45. The van der Waals surface area contributed by atoms with E-state index in [1.807, 2.05) is 4.90 Å². The first kappa shape index (κ1) is 80.6. The normalized spacial score (nSPS) is 17.2. The molecule has 4 amide bonds. The molecule has 5 atom stereocenters. The van der Waals surface area contributed by atoms with E-state index in [4.69, 9.17) is 42.6 Å². The van der Waals surface area contributed by atoms with Crippen molar-refractivity contribution >= 4 is 30.2 Å². The second kappa shape index (κ2) is 50.3. The maximum Gasteiger partial charge on any atom is 0.407 e. The van der Waals surface area contributed by atoms with E-state index in [1.54, 1.807) is 62.3 Å². The van der Waals surface area contributed by atoms with Crippen molar-refractivity contribution in [2.45, 2.75) is 342 Å². The molecule has 0 bridgehead atoms. The number of nitrogens with one attached hydrogen (secondary N) is 3. The van der Waals surface area contributed by atoms with Crippen molar-refractivity contribution in [2.24, 2.45) is 0 Å². The van der Waals surface area contributed by atoms with Crippen LogP contribution in [-0.2, 0) is 52.2 Å². The van der Waals surface area contributed by atoms with Crippen molar-refractivity contribution in [3.05, 3.63) is 0 Å². The zero-order valence-corrected chi connectivity index (χ0v) is 57.0. The number of unbranched alkanes of at least 4 members (excludes halogenated alkanes) is 30. The van der Waals surface area contributed by atoms with E-state index in [0.717, 1.165) is 38.5 Å². The highest BCUT2D eigenvalue weighted by Gasteiger charge is 2.49. The topological polar surface area (TPSA) is 208 Å². The quantitative estimate of drug-likeness (QED) is 0.0294. The Morgan fingerprint density at radius 3 is 1.02 bits per heavy atom. The predicted molar refractivity (Wildman–Crippen MR) is 343 cm³/mol. The Labute approximate surface area is 523 Å². The average Bonchev–Trinajstić information content (AvgIpc) is 1.24. The SMILES string of the molecule is CCCCCCCCCCCCCCCCCCN(CCCCCCCCCCCCCCCCCC)C(=O)CCC(=O)OC[C@H]1O[C@@H](OC)[C@H](OCCNC(=O)OC(C)(C)C)[C@@H](OCCNC(=O)OC(C)(C)C)[C@H]1OCCNC(=O)OC(C)(C)C. The van der Waals surface area contributed by atoms with E-state index in [2.05, 4.69) is 29.8 Å². The maximum absolute atomic E-state index is 14.0. The smallest absolute Gasteiger partial charge is 0.407 e. The molecule has 0 spiro atoms. The Morgan fingerprint density at radius 2 is 0.709 bits per heavy atom. The maximum atomic E-state index is 14.0. The lowest BCUT2D eigenvalue weighted by Crippen LogP contribution is -2.62. The number of hydrogen-bond acceptors (Lipinski definition) is 14. The van der Waals surface area contributed by atoms with Gasteiger partial charge in [-0.2, -0.15) is 0 Å². The molecule has 0 radical (unpaired) electrons. The van der Waals surface area contributed by atoms with Crippen LogP contribution >= 0.6 is 0 Å². The summed E-state index contributed by atoms with van der Waals surface area (Å²) in [5.74, 6) is -0.623. The first-order valence-corrected chi connectivity index (χ1v) is 34.5. The molecule has 1 aliphatic heterocycles. The Bertz CT molecular complexity index is 1670. The van der Waals surface area contributed by atoms with Crippen molar-refractivity contribution in [3.63, 3.8) is 0 Å².